The number of nitrogen functional groups attached to an aromatic ring is 1. The minimum absolute atomic E-state index is 0.199. The quantitative estimate of drug-likeness (QED) is 0.128. The topological polar surface area (TPSA) is 97.0 Å². The van der Waals surface area contributed by atoms with Crippen LogP contribution >= 0.6 is 43.2 Å². The van der Waals surface area contributed by atoms with Crippen LogP contribution in [-0.2, 0) is 0 Å². The summed E-state index contributed by atoms with van der Waals surface area (Å²) < 4.78 is 5.59. The summed E-state index contributed by atoms with van der Waals surface area (Å²) in [5.41, 5.74) is 7.76. The van der Waals surface area contributed by atoms with Gasteiger partial charge in [-0.1, -0.05) is 0 Å². The summed E-state index contributed by atoms with van der Waals surface area (Å²) in [6, 6.07) is 10.3. The maximum atomic E-state index is 9.80. The molecule has 0 spiro atoms. The minimum atomic E-state index is -1.76. The molecule has 1 aromatic carbocycles. The Labute approximate surface area is 175 Å². The average molecular weight is 517 g/mol. The number of nitrogens with zero attached hydrogens (tertiary/aromatic N) is 3. The maximum absolute atomic E-state index is 9.80. The molecular weight excluding hydrogens is 493 g/mol. The van der Waals surface area contributed by atoms with Crippen LogP contribution in [0.4, 0.5) is 10.9 Å². The van der Waals surface area contributed by atoms with Crippen LogP contribution < -0.4 is 9.26 Å². The van der Waals surface area contributed by atoms with Gasteiger partial charge in [0, 0.05) is 0 Å². The van der Waals surface area contributed by atoms with Crippen molar-refractivity contribution in [1.29, 1.82) is 0 Å². The Kier molecular flexibility index (Phi) is 7.12. The molecule has 0 saturated carbocycles. The van der Waals surface area contributed by atoms with E-state index in [9.17, 15) is 5.11 Å². The molecule has 2 aromatic heterocycles. The summed E-state index contributed by atoms with van der Waals surface area (Å²) in [6.07, 6.45) is 0. The van der Waals surface area contributed by atoms with Crippen molar-refractivity contribution >= 4 is 64.5 Å². The van der Waals surface area contributed by atoms with E-state index in [0.29, 0.717) is 21.9 Å². The van der Waals surface area contributed by atoms with Crippen molar-refractivity contribution in [3.8, 4) is 0 Å². The Balaban J connectivity index is 1.90. The molecule has 3 rings (SSSR count). The Morgan fingerprint density at radius 3 is 2.59 bits per heavy atom. The Bertz CT molecular complexity index is 890. The van der Waals surface area contributed by atoms with Gasteiger partial charge in [0.15, 0.2) is 0 Å². The molecule has 2 heterocycles. The SMILES string of the molecule is CC(C)CI(CO)Nc1nc(S[C@@H](C)c2ccccc2)nc2nc(N)sc12. The normalized spacial score (nSPS) is 13.1. The molecule has 0 radical (unpaired) electrons. The van der Waals surface area contributed by atoms with Gasteiger partial charge in [-0.3, -0.25) is 0 Å². The van der Waals surface area contributed by atoms with E-state index in [4.69, 9.17) is 10.7 Å². The molecule has 4 N–H and O–H groups in total. The molecule has 3 aromatic rings. The summed E-state index contributed by atoms with van der Waals surface area (Å²) >= 11 is 1.23. The van der Waals surface area contributed by atoms with E-state index in [0.717, 1.165) is 14.9 Å². The van der Waals surface area contributed by atoms with E-state index >= 15 is 0 Å². The number of hydrogen-bond acceptors (Lipinski definition) is 8. The van der Waals surface area contributed by atoms with Crippen molar-refractivity contribution in [2.45, 2.75) is 31.2 Å². The van der Waals surface area contributed by atoms with Crippen LogP contribution in [0.5, 0.6) is 0 Å². The first-order valence-electron chi connectivity index (χ1n) is 8.61. The fourth-order valence-corrected chi connectivity index (χ4v) is 8.20. The zero-order chi connectivity index (χ0) is 19.4. The Morgan fingerprint density at radius 1 is 1.19 bits per heavy atom. The van der Waals surface area contributed by atoms with Gasteiger partial charge in [-0.15, -0.1) is 0 Å². The number of anilines is 2. The molecule has 0 amide bonds. The van der Waals surface area contributed by atoms with Crippen LogP contribution in [0.15, 0.2) is 35.5 Å². The first-order chi connectivity index (χ1) is 13.0. The number of nitrogens with one attached hydrogen (secondary N) is 1. The number of benzene rings is 1. The zero-order valence-electron chi connectivity index (χ0n) is 15.5. The molecule has 0 fully saturated rings. The van der Waals surface area contributed by atoms with E-state index in [1.165, 1.54) is 16.9 Å². The van der Waals surface area contributed by atoms with Crippen LogP contribution in [0.2, 0.25) is 0 Å². The summed E-state index contributed by atoms with van der Waals surface area (Å²) in [4.78, 5) is 13.7. The van der Waals surface area contributed by atoms with E-state index in [-0.39, 0.29) is 9.86 Å². The molecule has 1 atom stereocenters. The molecular formula is C18H24IN5OS2. The fourth-order valence-electron chi connectivity index (χ4n) is 2.50. The molecule has 0 aliphatic carbocycles. The van der Waals surface area contributed by atoms with E-state index in [1.807, 2.05) is 18.2 Å². The number of halogens is 1. The molecule has 0 saturated heterocycles. The van der Waals surface area contributed by atoms with Crippen LogP contribution in [0.25, 0.3) is 10.3 Å². The summed E-state index contributed by atoms with van der Waals surface area (Å²) in [7, 11) is 0. The van der Waals surface area contributed by atoms with E-state index in [2.05, 4.69) is 46.4 Å². The van der Waals surface area contributed by atoms with E-state index in [1.54, 1.807) is 11.8 Å². The van der Waals surface area contributed by atoms with Gasteiger partial charge in [-0.25, -0.2) is 0 Å². The molecule has 6 nitrogen and oxygen atoms in total. The van der Waals surface area contributed by atoms with Crippen molar-refractivity contribution in [3.63, 3.8) is 0 Å². The van der Waals surface area contributed by atoms with Gasteiger partial charge in [-0.2, -0.15) is 0 Å². The van der Waals surface area contributed by atoms with Crippen LogP contribution in [0.1, 0.15) is 31.6 Å². The molecule has 27 heavy (non-hydrogen) atoms. The van der Waals surface area contributed by atoms with Crippen LogP contribution in [0.3, 0.4) is 0 Å². The van der Waals surface area contributed by atoms with Gasteiger partial charge in [0.25, 0.3) is 0 Å². The zero-order valence-corrected chi connectivity index (χ0v) is 19.3. The number of nitrogens with two attached hydrogens (primary N) is 1. The molecule has 146 valence electrons. The predicted octanol–water partition coefficient (Wildman–Crippen LogP) is 4.96. The first-order valence-corrected chi connectivity index (χ1v) is 14.4. The molecule has 0 aliphatic rings. The van der Waals surface area contributed by atoms with Gasteiger partial charge >= 0.3 is 176 Å². The number of fused-ring (bicyclic) bond motifs is 1. The molecule has 0 bridgehead atoms. The third-order valence-electron chi connectivity index (χ3n) is 3.66. The van der Waals surface area contributed by atoms with Crippen molar-refractivity contribution in [1.82, 2.24) is 15.0 Å². The van der Waals surface area contributed by atoms with Crippen LogP contribution in [-0.4, -0.2) is 29.1 Å². The third-order valence-corrected chi connectivity index (χ3v) is 10.5. The molecule has 0 unspecified atom stereocenters. The van der Waals surface area contributed by atoms with Crippen molar-refractivity contribution in [3.05, 3.63) is 35.9 Å². The third kappa shape index (κ3) is 5.43. The molecule has 0 aliphatic heterocycles. The van der Waals surface area contributed by atoms with Crippen molar-refractivity contribution < 1.29 is 5.11 Å². The second-order valence-electron chi connectivity index (χ2n) is 6.45. The second kappa shape index (κ2) is 9.35. The van der Waals surface area contributed by atoms with Crippen molar-refractivity contribution in [2.24, 2.45) is 5.92 Å². The number of thiazole rings is 1. The number of aromatic nitrogens is 3. The predicted molar refractivity (Wildman–Crippen MR) is 125 cm³/mol. The average Bonchev–Trinajstić information content (AvgIpc) is 3.02. The second-order valence-corrected chi connectivity index (χ2v) is 13.5. The number of rotatable bonds is 8. The number of aliphatic hydroxyl groups excluding tert-OH is 1. The van der Waals surface area contributed by atoms with E-state index < -0.39 is 20.1 Å². The fraction of sp³-hybridized carbons (Fsp3) is 0.389. The van der Waals surface area contributed by atoms with Crippen LogP contribution in [0, 0.1) is 5.92 Å². The molecule has 9 heteroatoms. The number of hydrogen-bond donors (Lipinski definition) is 3. The standard InChI is InChI=1S/C18H24IN5OS2/c1-11(2)9-19(10-25)24-16-14-15(21-17(20)27-14)22-18(23-16)26-12(3)13-7-5-4-6-8-13/h4-8,11-12,25H,9-10H2,1-3H3,(H3,20,21,22,23,24)/t12-/m0/s1. The summed E-state index contributed by atoms with van der Waals surface area (Å²) in [5, 5.41) is 11.2. The van der Waals surface area contributed by atoms with Gasteiger partial charge < -0.3 is 0 Å². The Hall–Kier alpha value is -1.17. The summed E-state index contributed by atoms with van der Waals surface area (Å²) in [5.74, 6) is 1.29. The number of aliphatic hydroxyl groups is 1. The van der Waals surface area contributed by atoms with Crippen molar-refractivity contribution in [2.75, 3.05) is 18.3 Å². The van der Waals surface area contributed by atoms with Gasteiger partial charge in [-0.05, 0) is 0 Å². The first kappa shape index (κ1) is 20.6. The monoisotopic (exact) mass is 517 g/mol. The summed E-state index contributed by atoms with van der Waals surface area (Å²) in [6.45, 7) is 6.48. The Morgan fingerprint density at radius 2 is 1.93 bits per heavy atom. The number of alkyl halides is 2. The van der Waals surface area contributed by atoms with Gasteiger partial charge in [0.05, 0.1) is 0 Å². The van der Waals surface area contributed by atoms with Gasteiger partial charge in [0.1, 0.15) is 0 Å². The number of thioether (sulfide) groups is 1. The van der Waals surface area contributed by atoms with Gasteiger partial charge in [0.2, 0.25) is 0 Å².